The molecule has 0 spiro atoms. The van der Waals surface area contributed by atoms with E-state index in [0.29, 0.717) is 25.6 Å². The Labute approximate surface area is 125 Å². The molecule has 1 aromatic heterocycles. The predicted octanol–water partition coefficient (Wildman–Crippen LogP) is 2.19. The molecule has 6 nitrogen and oxygen atoms in total. The van der Waals surface area contributed by atoms with Gasteiger partial charge in [-0.15, -0.1) is 0 Å². The highest BCUT2D eigenvalue weighted by Crippen LogP contribution is 2.19. The normalized spacial score (nSPS) is 19.6. The first-order valence-electron chi connectivity index (χ1n) is 7.93. The molecule has 2 heterocycles. The van der Waals surface area contributed by atoms with Gasteiger partial charge < -0.3 is 9.26 Å². The van der Waals surface area contributed by atoms with Crippen LogP contribution in [0.4, 0.5) is 0 Å². The van der Waals surface area contributed by atoms with Gasteiger partial charge in [0.25, 0.3) is 0 Å². The minimum Gasteiger partial charge on any atom is -0.466 e. The summed E-state index contributed by atoms with van der Waals surface area (Å²) in [6.07, 6.45) is 4.97. The highest BCUT2D eigenvalue weighted by atomic mass is 16.5. The van der Waals surface area contributed by atoms with Crippen LogP contribution in [0.15, 0.2) is 4.52 Å². The summed E-state index contributed by atoms with van der Waals surface area (Å²) in [4.78, 5) is 18.4. The van der Waals surface area contributed by atoms with E-state index in [9.17, 15) is 4.79 Å². The van der Waals surface area contributed by atoms with E-state index in [4.69, 9.17) is 9.26 Å². The predicted molar refractivity (Wildman–Crippen MR) is 77.5 cm³/mol. The number of piperidine rings is 1. The number of unbranched alkanes of at least 4 members (excludes halogenated alkanes) is 1. The van der Waals surface area contributed by atoms with Crippen molar-refractivity contribution in [1.82, 2.24) is 15.0 Å². The van der Waals surface area contributed by atoms with Gasteiger partial charge in [0.05, 0.1) is 19.1 Å². The maximum Gasteiger partial charge on any atom is 0.310 e. The summed E-state index contributed by atoms with van der Waals surface area (Å²) in [7, 11) is 0. The molecule has 1 aliphatic rings. The van der Waals surface area contributed by atoms with Crippen LogP contribution < -0.4 is 0 Å². The molecule has 0 amide bonds. The fraction of sp³-hybridized carbons (Fsp3) is 0.800. The number of esters is 1. The maximum absolute atomic E-state index is 11.8. The van der Waals surface area contributed by atoms with Gasteiger partial charge in [0.1, 0.15) is 0 Å². The van der Waals surface area contributed by atoms with Crippen molar-refractivity contribution >= 4 is 5.97 Å². The molecule has 0 bridgehead atoms. The summed E-state index contributed by atoms with van der Waals surface area (Å²) in [6, 6.07) is 0. The Bertz CT molecular complexity index is 447. The first-order valence-corrected chi connectivity index (χ1v) is 7.93. The lowest BCUT2D eigenvalue weighted by atomic mass is 9.98. The standard InChI is InChI=1S/C15H25N3O3/c1-3-5-8-13-16-14(21-17-13)11-18-9-6-7-12(10-18)15(19)20-4-2/h12H,3-11H2,1-2H3. The third-order valence-electron chi connectivity index (χ3n) is 3.75. The molecule has 1 fully saturated rings. The molecule has 6 heteroatoms. The van der Waals surface area contributed by atoms with Crippen LogP contribution in [0.3, 0.4) is 0 Å². The highest BCUT2D eigenvalue weighted by molar-refractivity contribution is 5.72. The Morgan fingerprint density at radius 1 is 1.48 bits per heavy atom. The summed E-state index contributed by atoms with van der Waals surface area (Å²) in [5, 5.41) is 4.00. The fourth-order valence-corrected chi connectivity index (χ4v) is 2.63. The Hall–Kier alpha value is -1.43. The number of ether oxygens (including phenoxy) is 1. The molecule has 1 atom stereocenters. The van der Waals surface area contributed by atoms with Gasteiger partial charge in [-0.25, -0.2) is 0 Å². The van der Waals surface area contributed by atoms with Crippen LogP contribution in [0.5, 0.6) is 0 Å². The summed E-state index contributed by atoms with van der Waals surface area (Å²) in [5.74, 6) is 1.31. The van der Waals surface area contributed by atoms with Gasteiger partial charge >= 0.3 is 5.97 Å². The lowest BCUT2D eigenvalue weighted by Gasteiger charge is -2.30. The second kappa shape index (κ2) is 8.12. The van der Waals surface area contributed by atoms with Crippen LogP contribution >= 0.6 is 0 Å². The Morgan fingerprint density at radius 3 is 3.10 bits per heavy atom. The van der Waals surface area contributed by atoms with E-state index in [1.807, 2.05) is 6.92 Å². The molecule has 1 unspecified atom stereocenters. The number of carbonyl (C=O) groups excluding carboxylic acids is 1. The summed E-state index contributed by atoms with van der Waals surface area (Å²) in [5.41, 5.74) is 0. The topological polar surface area (TPSA) is 68.5 Å². The number of nitrogens with zero attached hydrogens (tertiary/aromatic N) is 3. The van der Waals surface area contributed by atoms with E-state index < -0.39 is 0 Å². The van der Waals surface area contributed by atoms with Crippen LogP contribution in [-0.4, -0.2) is 40.7 Å². The molecule has 21 heavy (non-hydrogen) atoms. The summed E-state index contributed by atoms with van der Waals surface area (Å²) >= 11 is 0. The van der Waals surface area contributed by atoms with Crippen molar-refractivity contribution in [2.24, 2.45) is 5.92 Å². The molecule has 1 aromatic rings. The minimum absolute atomic E-state index is 0.0267. The molecule has 0 aromatic carbocycles. The second-order valence-corrected chi connectivity index (χ2v) is 5.53. The molecule has 1 aliphatic heterocycles. The molecule has 1 saturated heterocycles. The molecule has 0 radical (unpaired) electrons. The van der Waals surface area contributed by atoms with Gasteiger partial charge in [-0.2, -0.15) is 4.98 Å². The van der Waals surface area contributed by atoms with Crippen molar-refractivity contribution in [3.63, 3.8) is 0 Å². The van der Waals surface area contributed by atoms with E-state index in [2.05, 4.69) is 22.0 Å². The summed E-state index contributed by atoms with van der Waals surface area (Å²) in [6.45, 7) is 6.72. The Balaban J connectivity index is 1.84. The zero-order chi connectivity index (χ0) is 15.1. The van der Waals surface area contributed by atoms with Crippen molar-refractivity contribution < 1.29 is 14.1 Å². The average molecular weight is 295 g/mol. The minimum atomic E-state index is -0.0867. The van der Waals surface area contributed by atoms with E-state index in [1.54, 1.807) is 0 Å². The van der Waals surface area contributed by atoms with Gasteiger partial charge in [-0.05, 0) is 32.7 Å². The number of carbonyl (C=O) groups is 1. The van der Waals surface area contributed by atoms with Gasteiger partial charge in [0.15, 0.2) is 5.82 Å². The average Bonchev–Trinajstić information content (AvgIpc) is 2.93. The smallest absolute Gasteiger partial charge is 0.310 e. The molecule has 0 aliphatic carbocycles. The number of aryl methyl sites for hydroxylation is 1. The van der Waals surface area contributed by atoms with Crippen LogP contribution in [0.2, 0.25) is 0 Å². The lowest BCUT2D eigenvalue weighted by Crippen LogP contribution is -2.39. The number of hydrogen-bond acceptors (Lipinski definition) is 6. The molecule has 118 valence electrons. The van der Waals surface area contributed by atoms with E-state index >= 15 is 0 Å². The monoisotopic (exact) mass is 295 g/mol. The first kappa shape index (κ1) is 15.9. The fourth-order valence-electron chi connectivity index (χ4n) is 2.63. The van der Waals surface area contributed by atoms with Crippen LogP contribution in [0.25, 0.3) is 0 Å². The molecule has 2 rings (SSSR count). The number of likely N-dealkylation sites (tertiary alicyclic amines) is 1. The zero-order valence-electron chi connectivity index (χ0n) is 13.0. The maximum atomic E-state index is 11.8. The van der Waals surface area contributed by atoms with Crippen molar-refractivity contribution in [2.45, 2.75) is 52.5 Å². The zero-order valence-corrected chi connectivity index (χ0v) is 13.0. The van der Waals surface area contributed by atoms with Crippen LogP contribution in [0.1, 0.15) is 51.2 Å². The van der Waals surface area contributed by atoms with Gasteiger partial charge in [-0.1, -0.05) is 18.5 Å². The Morgan fingerprint density at radius 2 is 2.33 bits per heavy atom. The van der Waals surface area contributed by atoms with E-state index in [-0.39, 0.29) is 11.9 Å². The third-order valence-corrected chi connectivity index (χ3v) is 3.75. The van der Waals surface area contributed by atoms with E-state index in [1.165, 1.54) is 0 Å². The molecule has 0 N–H and O–H groups in total. The molecular formula is C15H25N3O3. The van der Waals surface area contributed by atoms with Crippen molar-refractivity contribution in [3.8, 4) is 0 Å². The lowest BCUT2D eigenvalue weighted by molar-refractivity contribution is -0.150. The second-order valence-electron chi connectivity index (χ2n) is 5.53. The SMILES string of the molecule is CCCCc1noc(CN2CCCC(C(=O)OCC)C2)n1. The van der Waals surface area contributed by atoms with Gasteiger partial charge in [0, 0.05) is 13.0 Å². The quantitative estimate of drug-likeness (QED) is 0.718. The van der Waals surface area contributed by atoms with Crippen molar-refractivity contribution in [1.29, 1.82) is 0 Å². The number of rotatable bonds is 7. The molecular weight excluding hydrogens is 270 g/mol. The highest BCUT2D eigenvalue weighted by Gasteiger charge is 2.27. The number of aromatic nitrogens is 2. The van der Waals surface area contributed by atoms with Crippen LogP contribution in [0, 0.1) is 5.92 Å². The third kappa shape index (κ3) is 4.81. The van der Waals surface area contributed by atoms with Gasteiger partial charge in [-0.3, -0.25) is 9.69 Å². The Kier molecular flexibility index (Phi) is 6.17. The van der Waals surface area contributed by atoms with E-state index in [0.717, 1.165) is 44.5 Å². The summed E-state index contributed by atoms with van der Waals surface area (Å²) < 4.78 is 10.4. The van der Waals surface area contributed by atoms with Gasteiger partial charge in [0.2, 0.25) is 5.89 Å². The largest absolute Gasteiger partial charge is 0.466 e. The first-order chi connectivity index (χ1) is 10.2. The number of hydrogen-bond donors (Lipinski definition) is 0. The van der Waals surface area contributed by atoms with Crippen LogP contribution in [-0.2, 0) is 22.5 Å². The van der Waals surface area contributed by atoms with Crippen molar-refractivity contribution in [3.05, 3.63) is 11.7 Å². The van der Waals surface area contributed by atoms with Crippen molar-refractivity contribution in [2.75, 3.05) is 19.7 Å². The molecule has 0 saturated carbocycles.